The van der Waals surface area contributed by atoms with Gasteiger partial charge in [0.05, 0.1) is 0 Å². The third-order valence-electron chi connectivity index (χ3n) is 4.27. The number of aromatic nitrogens is 3. The van der Waals surface area contributed by atoms with Crippen molar-refractivity contribution in [1.82, 2.24) is 15.0 Å². The number of hydrogen-bond donors (Lipinski definition) is 0. The summed E-state index contributed by atoms with van der Waals surface area (Å²) in [4.78, 5) is 12.6. The van der Waals surface area contributed by atoms with Crippen LogP contribution in [0.4, 0.5) is 0 Å². The second kappa shape index (κ2) is 8.00. The third kappa shape index (κ3) is 3.74. The van der Waals surface area contributed by atoms with Crippen LogP contribution in [0.3, 0.4) is 0 Å². The van der Waals surface area contributed by atoms with Gasteiger partial charge in [-0.25, -0.2) is 0 Å². The topological polar surface area (TPSA) is 38.7 Å². The van der Waals surface area contributed by atoms with E-state index in [1.165, 1.54) is 22.2 Å². The maximum absolute atomic E-state index is 4.35. The van der Waals surface area contributed by atoms with Gasteiger partial charge in [0.2, 0.25) is 0 Å². The summed E-state index contributed by atoms with van der Waals surface area (Å²) in [6.45, 7) is 0. The zero-order valence-electron chi connectivity index (χ0n) is 14.2. The molecule has 132 valence electrons. The first-order valence-electron chi connectivity index (χ1n) is 8.35. The van der Waals surface area contributed by atoms with Crippen molar-refractivity contribution in [3.63, 3.8) is 0 Å². The first kappa shape index (κ1) is 18.5. The van der Waals surface area contributed by atoms with Crippen LogP contribution in [-0.2, 0) is 0 Å². The van der Waals surface area contributed by atoms with Crippen LogP contribution < -0.4 is 15.9 Å². The van der Waals surface area contributed by atoms with Gasteiger partial charge in [0, 0.05) is 0 Å². The number of halogens is 1. The number of benzene rings is 3. The van der Waals surface area contributed by atoms with Crippen molar-refractivity contribution < 1.29 is 0 Å². The molecule has 0 amide bonds. The second-order valence-corrected chi connectivity index (χ2v) is 12.8. The van der Waals surface area contributed by atoms with E-state index in [9.17, 15) is 0 Å². The fraction of sp³-hybridized carbons (Fsp3) is 0. The van der Waals surface area contributed by atoms with E-state index < -0.39 is 5.51 Å². The molecular formula is C21H15BrN3PSe. The monoisotopic (exact) mass is 499 g/mol. The maximum atomic E-state index is 4.35. The van der Waals surface area contributed by atoms with Crippen molar-refractivity contribution in [2.75, 3.05) is 0 Å². The molecule has 0 saturated heterocycles. The van der Waals surface area contributed by atoms with Gasteiger partial charge < -0.3 is 0 Å². The molecule has 3 aromatic carbocycles. The number of nitrogens with zero attached hydrogens (tertiary/aromatic N) is 3. The SMILES string of the molecule is [Se]=P(c1ccccc1)(c1ccccc1)c1ccc(-c2ncnc(Br)n2)cc1. The van der Waals surface area contributed by atoms with E-state index in [1.54, 1.807) is 0 Å². The Morgan fingerprint density at radius 1 is 0.667 bits per heavy atom. The Hall–Kier alpha value is -1.90. The second-order valence-electron chi connectivity index (χ2n) is 5.91. The van der Waals surface area contributed by atoms with E-state index >= 15 is 0 Å². The van der Waals surface area contributed by atoms with E-state index in [0.717, 1.165) is 5.56 Å². The molecule has 6 heteroatoms. The molecule has 0 atom stereocenters. The molecule has 0 unspecified atom stereocenters. The van der Waals surface area contributed by atoms with Crippen molar-refractivity contribution in [2.24, 2.45) is 0 Å². The van der Waals surface area contributed by atoms with E-state index in [0.29, 0.717) is 10.6 Å². The molecule has 1 aromatic heterocycles. The standard InChI is InChI=1S/C21H15BrN3PSe/c22-21-24-15-23-20(25-21)16-11-13-19(14-12-16)26(27,17-7-3-1-4-8-17)18-9-5-2-6-10-18/h1-15H. The molecule has 0 aliphatic heterocycles. The molecule has 0 aliphatic carbocycles. The van der Waals surface area contributed by atoms with Gasteiger partial charge in [-0.05, 0) is 0 Å². The predicted octanol–water partition coefficient (Wildman–Crippen LogP) is 3.68. The molecule has 27 heavy (non-hydrogen) atoms. The summed E-state index contributed by atoms with van der Waals surface area (Å²) in [5, 5.41) is 3.90. The van der Waals surface area contributed by atoms with Crippen LogP contribution in [0, 0.1) is 0 Å². The van der Waals surface area contributed by atoms with E-state index in [-0.39, 0.29) is 0 Å². The zero-order valence-corrected chi connectivity index (χ0v) is 18.4. The summed E-state index contributed by atoms with van der Waals surface area (Å²) in [6.07, 6.45) is 1.51. The van der Waals surface area contributed by atoms with Crippen LogP contribution in [0.2, 0.25) is 0 Å². The van der Waals surface area contributed by atoms with E-state index in [1.807, 2.05) is 0 Å². The Bertz CT molecular complexity index is 1060. The number of rotatable bonds is 4. The van der Waals surface area contributed by atoms with Gasteiger partial charge in [0.15, 0.2) is 0 Å². The Kier molecular flexibility index (Phi) is 5.47. The average Bonchev–Trinajstić information content (AvgIpc) is 2.74. The quantitative estimate of drug-likeness (QED) is 0.318. The van der Waals surface area contributed by atoms with Gasteiger partial charge >= 0.3 is 175 Å². The van der Waals surface area contributed by atoms with Crippen molar-refractivity contribution >= 4 is 52.5 Å². The van der Waals surface area contributed by atoms with Crippen molar-refractivity contribution in [1.29, 1.82) is 0 Å². The Balaban J connectivity index is 1.83. The van der Waals surface area contributed by atoms with Gasteiger partial charge in [-0.1, -0.05) is 0 Å². The van der Waals surface area contributed by atoms with Crippen molar-refractivity contribution in [3.8, 4) is 11.4 Å². The van der Waals surface area contributed by atoms with Crippen LogP contribution in [0.15, 0.2) is 96.0 Å². The van der Waals surface area contributed by atoms with Crippen molar-refractivity contribution in [2.45, 2.75) is 0 Å². The van der Waals surface area contributed by atoms with Crippen LogP contribution in [0.1, 0.15) is 0 Å². The summed E-state index contributed by atoms with van der Waals surface area (Å²) >= 11 is 6.88. The van der Waals surface area contributed by atoms with Gasteiger partial charge in [-0.3, -0.25) is 0 Å². The van der Waals surface area contributed by atoms with Gasteiger partial charge in [-0.15, -0.1) is 0 Å². The molecule has 1 heterocycles. The fourth-order valence-corrected chi connectivity index (χ4v) is 8.16. The minimum absolute atomic E-state index is 0.538. The fourth-order valence-electron chi connectivity index (χ4n) is 2.96. The summed E-state index contributed by atoms with van der Waals surface area (Å²) in [6, 6.07) is 29.8. The molecule has 0 bridgehead atoms. The normalized spacial score (nSPS) is 11.3. The summed E-state index contributed by atoms with van der Waals surface area (Å²) in [7, 11) is 0. The van der Waals surface area contributed by atoms with Crippen LogP contribution >= 0.6 is 21.4 Å². The molecule has 4 aromatic rings. The molecule has 3 nitrogen and oxygen atoms in total. The van der Waals surface area contributed by atoms with Crippen molar-refractivity contribution in [3.05, 3.63) is 96.0 Å². The summed E-state index contributed by atoms with van der Waals surface area (Å²) in [5.41, 5.74) is -0.868. The Morgan fingerprint density at radius 2 is 1.19 bits per heavy atom. The van der Waals surface area contributed by atoms with Crippen LogP contribution in [-0.4, -0.2) is 30.0 Å². The molecule has 4 rings (SSSR count). The van der Waals surface area contributed by atoms with E-state index in [4.69, 9.17) is 0 Å². The molecule has 0 fully saturated rings. The Morgan fingerprint density at radius 3 is 1.70 bits per heavy atom. The minimum atomic E-state index is -1.83. The molecule has 0 spiro atoms. The molecular weight excluding hydrogens is 484 g/mol. The summed E-state index contributed by atoms with van der Waals surface area (Å²) in [5.74, 6) is 0.659. The van der Waals surface area contributed by atoms with Gasteiger partial charge in [-0.2, -0.15) is 0 Å². The van der Waals surface area contributed by atoms with Gasteiger partial charge in [0.1, 0.15) is 0 Å². The molecule has 0 aliphatic rings. The first-order chi connectivity index (χ1) is 13.2. The average molecular weight is 499 g/mol. The van der Waals surface area contributed by atoms with Gasteiger partial charge in [0.25, 0.3) is 0 Å². The zero-order chi connectivity index (χ0) is 18.7. The molecule has 0 N–H and O–H groups in total. The third-order valence-corrected chi connectivity index (χ3v) is 11.7. The summed E-state index contributed by atoms with van der Waals surface area (Å²) < 4.78 is 0.538. The van der Waals surface area contributed by atoms with Crippen LogP contribution in [0.25, 0.3) is 11.4 Å². The van der Waals surface area contributed by atoms with Crippen LogP contribution in [0.5, 0.6) is 0 Å². The molecule has 0 radical (unpaired) electrons. The van der Waals surface area contributed by atoms with E-state index in [2.05, 4.69) is 131 Å². The number of hydrogen-bond acceptors (Lipinski definition) is 3. The predicted molar refractivity (Wildman–Crippen MR) is 117 cm³/mol. The molecule has 0 saturated carbocycles. The first-order valence-corrected chi connectivity index (χ1v) is 13.1. The Labute approximate surface area is 174 Å².